The van der Waals surface area contributed by atoms with Crippen molar-refractivity contribution in [2.24, 2.45) is 0 Å². The van der Waals surface area contributed by atoms with Crippen molar-refractivity contribution in [2.75, 3.05) is 0 Å². The molecule has 0 atom stereocenters. The molecule has 0 aliphatic carbocycles. The highest BCUT2D eigenvalue weighted by atomic mass is 127. The minimum Gasteiger partial charge on any atom is -0.100 e. The molecule has 0 spiro atoms. The molecule has 0 fully saturated rings. The van der Waals surface area contributed by atoms with Crippen LogP contribution in [0.3, 0.4) is 0 Å². The summed E-state index contributed by atoms with van der Waals surface area (Å²) >= 11 is 4.97. The summed E-state index contributed by atoms with van der Waals surface area (Å²) < 4.78 is -0.148. The van der Waals surface area contributed by atoms with Crippen molar-refractivity contribution in [2.45, 2.75) is 19.8 Å². The summed E-state index contributed by atoms with van der Waals surface area (Å²) in [5.74, 6) is 0. The minimum absolute atomic E-state index is 0.148. The van der Waals surface area contributed by atoms with E-state index in [0.29, 0.717) is 0 Å². The van der Waals surface area contributed by atoms with Gasteiger partial charge in [-0.25, -0.2) is 0 Å². The molecule has 0 unspecified atom stereocenters. The van der Waals surface area contributed by atoms with Gasteiger partial charge >= 0.3 is 0 Å². The lowest BCUT2D eigenvalue weighted by atomic mass is 10.3. The molecule has 47 valence electrons. The third kappa shape index (κ3) is 7.42. The number of hydrogen-bond donors (Lipinski definition) is 0. The molecule has 0 rings (SSSR count). The maximum Gasteiger partial charge on any atom is 0.230 e. The lowest BCUT2D eigenvalue weighted by molar-refractivity contribution is 0.960. The van der Waals surface area contributed by atoms with Gasteiger partial charge in [-0.2, -0.15) is 0 Å². The van der Waals surface area contributed by atoms with Gasteiger partial charge in [0, 0.05) is 0 Å². The molecule has 1 radical (unpaired) electrons. The smallest absolute Gasteiger partial charge is 0.100 e. The zero-order valence-corrected chi connectivity index (χ0v) is 10.1. The van der Waals surface area contributed by atoms with Crippen molar-refractivity contribution in [3.05, 3.63) is 11.8 Å². The predicted octanol–water partition coefficient (Wildman–Crippen LogP) is 3.24. The molecule has 0 N–H and O–H groups in total. The van der Waals surface area contributed by atoms with E-state index in [9.17, 15) is 0 Å². The lowest BCUT2D eigenvalue weighted by Gasteiger charge is -1.84. The molecule has 0 bridgehead atoms. The fourth-order valence-electron chi connectivity index (χ4n) is 0.339. The van der Waals surface area contributed by atoms with Gasteiger partial charge in [-0.15, -0.1) is 43.6 Å². The molecular weight excluding hydrogens is 342 g/mol. The maximum atomic E-state index is 2.48. The Labute approximate surface area is 78.2 Å². The number of rotatable bonds is 3. The normalized spacial score (nSPS) is 11.5. The van der Waals surface area contributed by atoms with Gasteiger partial charge in [-0.1, -0.05) is 25.1 Å². The van der Waals surface area contributed by atoms with Crippen molar-refractivity contribution in [1.82, 2.24) is 0 Å². The molecule has 0 aromatic heterocycles. The van der Waals surface area contributed by atoms with Gasteiger partial charge in [0.1, 0.15) is 0 Å². The van der Waals surface area contributed by atoms with Crippen LogP contribution >= 0.6 is 43.6 Å². The summed E-state index contributed by atoms with van der Waals surface area (Å²) in [6, 6.07) is 0. The van der Waals surface area contributed by atoms with Crippen LogP contribution in [0.15, 0.2) is 11.8 Å². The molecule has 0 nitrogen and oxygen atoms in total. The van der Waals surface area contributed by atoms with E-state index in [1.165, 1.54) is 12.8 Å². The third-order valence-corrected chi connectivity index (χ3v) is 3.34. The monoisotopic (exact) mass is 351 g/mol. The van der Waals surface area contributed by atoms with Crippen molar-refractivity contribution in [1.29, 1.82) is 0 Å². The molecule has 0 saturated heterocycles. The molecule has 0 heterocycles. The van der Waals surface area contributed by atoms with Crippen molar-refractivity contribution in [3.8, 4) is 0 Å². The fraction of sp³-hybridized carbons (Fsp3) is 0.600. The highest BCUT2D eigenvalue weighted by Crippen LogP contribution is 2.05. The summed E-state index contributed by atoms with van der Waals surface area (Å²) in [5.41, 5.74) is 2.33. The van der Waals surface area contributed by atoms with Gasteiger partial charge in [-0.05, 0) is 6.42 Å². The van der Waals surface area contributed by atoms with E-state index in [-0.39, 0.29) is 3.79 Å². The second-order valence-corrected chi connectivity index (χ2v) is 15.6. The van der Waals surface area contributed by atoms with Crippen LogP contribution in [0.4, 0.5) is 0 Å². The number of halogens is 2. The quantitative estimate of drug-likeness (QED) is 0.416. The molecule has 8 heavy (non-hydrogen) atoms. The highest BCUT2D eigenvalue weighted by molar-refractivity contribution is 14.3. The minimum atomic E-state index is -0.148. The van der Waals surface area contributed by atoms with Crippen LogP contribution in [-0.4, -0.2) is 3.79 Å². The number of allylic oxidation sites excluding steroid dienone is 1. The van der Waals surface area contributed by atoms with Crippen LogP contribution in [-0.2, 0) is 0 Å². The maximum absolute atomic E-state index is 2.48. The van der Waals surface area contributed by atoms with E-state index in [0.717, 1.165) is 0 Å². The Morgan fingerprint density at radius 3 is 2.50 bits per heavy atom. The third-order valence-electron chi connectivity index (χ3n) is 0.699. The summed E-state index contributed by atoms with van der Waals surface area (Å²) in [7, 11) is 0. The molecule has 0 aromatic rings. The molecule has 0 aromatic carbocycles. The Hall–Kier alpha value is 1.42. The van der Waals surface area contributed by atoms with Crippen LogP contribution in [0, 0.1) is 0 Å². The van der Waals surface area contributed by atoms with E-state index in [1.54, 1.807) is 0 Å². The SMILES string of the molecule is CCCC=C[Si](I)I. The van der Waals surface area contributed by atoms with Gasteiger partial charge in [0.2, 0.25) is 3.79 Å². The summed E-state index contributed by atoms with van der Waals surface area (Å²) in [4.78, 5) is 0. The highest BCUT2D eigenvalue weighted by Gasteiger charge is 1.89. The van der Waals surface area contributed by atoms with Gasteiger partial charge in [0.15, 0.2) is 0 Å². The first-order valence-corrected chi connectivity index (χ1v) is 10.4. The topological polar surface area (TPSA) is 0 Å². The van der Waals surface area contributed by atoms with Crippen LogP contribution in [0.1, 0.15) is 19.8 Å². The fourth-order valence-corrected chi connectivity index (χ4v) is 2.21. The first-order valence-electron chi connectivity index (χ1n) is 2.62. The van der Waals surface area contributed by atoms with Gasteiger partial charge in [-0.3, -0.25) is 0 Å². The van der Waals surface area contributed by atoms with Gasteiger partial charge < -0.3 is 0 Å². The zero-order chi connectivity index (χ0) is 6.41. The predicted molar refractivity (Wildman–Crippen MR) is 57.8 cm³/mol. The van der Waals surface area contributed by atoms with Crippen LogP contribution in [0.2, 0.25) is 0 Å². The molecule has 3 heteroatoms. The van der Waals surface area contributed by atoms with Crippen LogP contribution in [0.25, 0.3) is 0 Å². The summed E-state index contributed by atoms with van der Waals surface area (Å²) in [6.07, 6.45) is 4.81. The molecule has 0 aliphatic heterocycles. The largest absolute Gasteiger partial charge is 0.230 e. The van der Waals surface area contributed by atoms with Gasteiger partial charge in [0.05, 0.1) is 0 Å². The average molecular weight is 351 g/mol. The number of hydrogen-bond acceptors (Lipinski definition) is 0. The average Bonchev–Trinajstić information content (AvgIpc) is 1.66. The van der Waals surface area contributed by atoms with Crippen molar-refractivity contribution >= 4 is 47.4 Å². The van der Waals surface area contributed by atoms with E-state index < -0.39 is 0 Å². The Bertz CT molecular complexity index is 70.8. The Kier molecular flexibility index (Phi) is 7.69. The molecule has 0 amide bonds. The zero-order valence-electron chi connectivity index (χ0n) is 4.82. The lowest BCUT2D eigenvalue weighted by Crippen LogP contribution is -1.79. The first kappa shape index (κ1) is 9.42. The standard InChI is InChI=1S/C5H9I2Si/c1-2-3-4-5-8(6)7/h4-5H,2-3H2,1H3. The van der Waals surface area contributed by atoms with E-state index in [2.05, 4.69) is 62.3 Å². The van der Waals surface area contributed by atoms with Crippen LogP contribution in [0.5, 0.6) is 0 Å². The van der Waals surface area contributed by atoms with E-state index in [4.69, 9.17) is 0 Å². The molecule has 0 aliphatic rings. The second-order valence-electron chi connectivity index (χ2n) is 1.48. The summed E-state index contributed by atoms with van der Waals surface area (Å²) in [6.45, 7) is 2.21. The Morgan fingerprint density at radius 1 is 1.50 bits per heavy atom. The van der Waals surface area contributed by atoms with E-state index >= 15 is 0 Å². The first-order chi connectivity index (χ1) is 3.77. The second kappa shape index (κ2) is 6.54. The van der Waals surface area contributed by atoms with Crippen molar-refractivity contribution in [3.63, 3.8) is 0 Å². The Morgan fingerprint density at radius 2 is 2.12 bits per heavy atom. The Balaban J connectivity index is 3.07. The van der Waals surface area contributed by atoms with Crippen LogP contribution < -0.4 is 0 Å². The van der Waals surface area contributed by atoms with E-state index in [1.807, 2.05) is 0 Å². The number of unbranched alkanes of at least 4 members (excludes halogenated alkanes) is 1. The molecule has 0 saturated carbocycles. The van der Waals surface area contributed by atoms with Crippen molar-refractivity contribution < 1.29 is 0 Å². The van der Waals surface area contributed by atoms with Gasteiger partial charge in [0.25, 0.3) is 0 Å². The summed E-state index contributed by atoms with van der Waals surface area (Å²) in [5, 5.41) is 0. The molecular formula is C5H9I2Si.